The fourth-order valence-corrected chi connectivity index (χ4v) is 6.07. The molecule has 0 aromatic heterocycles. The molecule has 0 nitrogen and oxygen atoms in total. The average Bonchev–Trinajstić information content (AvgIpc) is 2.97. The van der Waals surface area contributed by atoms with Crippen molar-refractivity contribution in [3.8, 4) is 0 Å². The molecule has 0 fully saturated rings. The van der Waals surface area contributed by atoms with Gasteiger partial charge in [0.25, 0.3) is 14.1 Å². The molecule has 0 radical (unpaired) electrons. The van der Waals surface area contributed by atoms with Crippen LogP contribution < -0.4 is 0 Å². The molecule has 0 bridgehead atoms. The molecule has 0 saturated heterocycles. The zero-order chi connectivity index (χ0) is 13.5. The maximum absolute atomic E-state index is 2.99. The van der Waals surface area contributed by atoms with Gasteiger partial charge in [-0.2, -0.15) is 6.08 Å². The number of hydrogen-bond acceptors (Lipinski definition) is 0. The predicted octanol–water partition coefficient (Wildman–Crippen LogP) is 8.44. The Bertz CT molecular complexity index is 183. The van der Waals surface area contributed by atoms with Crippen molar-refractivity contribution in [2.75, 3.05) is 0 Å². The molecule has 2 heteroatoms. The monoisotopic (exact) mass is 386 g/mol. The van der Waals surface area contributed by atoms with Gasteiger partial charge in [0.05, 0.1) is 0 Å². The smallest absolute Gasteiger partial charge is 0.261 e. The van der Waals surface area contributed by atoms with Crippen LogP contribution in [0.25, 0.3) is 0 Å². The van der Waals surface area contributed by atoms with Crippen LogP contribution in [0.4, 0.5) is 0 Å². The van der Waals surface area contributed by atoms with E-state index in [-0.39, 0.29) is 73.0 Å². The minimum Gasteiger partial charge on any atom is -0.358 e. The van der Waals surface area contributed by atoms with Gasteiger partial charge in [0.2, 0.25) is 0 Å². The van der Waals surface area contributed by atoms with Gasteiger partial charge in [0, 0.05) is 21.7 Å². The summed E-state index contributed by atoms with van der Waals surface area (Å²) in [6, 6.07) is 0. The summed E-state index contributed by atoms with van der Waals surface area (Å²) in [6.45, 7) is 6.97. The molecule has 0 unspecified atom stereocenters. The molecule has 0 saturated carbocycles. The van der Waals surface area contributed by atoms with Crippen molar-refractivity contribution in [1.29, 1.82) is 0 Å². The quantitative estimate of drug-likeness (QED) is 0.275. The maximum atomic E-state index is 2.99. The van der Waals surface area contributed by atoms with E-state index in [9.17, 15) is 0 Å². The molecule has 1 rings (SSSR count). The van der Waals surface area contributed by atoms with Crippen molar-refractivity contribution >= 4 is 14.1 Å². The van der Waals surface area contributed by atoms with E-state index >= 15 is 0 Å². The van der Waals surface area contributed by atoms with Gasteiger partial charge in [-0.15, -0.1) is 6.42 Å². The van der Waals surface area contributed by atoms with Crippen LogP contribution in [-0.4, -0.2) is 14.1 Å². The fourth-order valence-electron chi connectivity index (χ4n) is 2.25. The normalized spacial score (nSPS) is 9.29. The number of unbranched alkanes of at least 4 members (excludes halogenated alkanes) is 3. The molecule has 0 aromatic carbocycles. The van der Waals surface area contributed by atoms with E-state index < -0.39 is 0 Å². The van der Waals surface area contributed by atoms with Crippen LogP contribution in [0, 0.1) is 43.2 Å². The minimum atomic E-state index is -0.287. The van der Waals surface area contributed by atoms with E-state index in [2.05, 4.69) is 32.9 Å². The SMILES string of the molecule is CCC[CH2][Al]([CH2]CCC)[CH2]CCC.[C-]1=CC=CC1.[CH3-].[CH3-].[CH3-].[CH3-].[CH3-].[Ti]. The topological polar surface area (TPSA) is 0 Å². The van der Waals surface area contributed by atoms with Crippen molar-refractivity contribution in [3.63, 3.8) is 0 Å². The standard InChI is InChI=1S/C5H5.3C4H9.5CH3.Al.Ti/c1-2-4-5-3-1;3*1-3-4-2;;;;;;;/h1-3H,4H2;3*1,3-4H2,2H3;5*1H3;;/q-1;;;;5*-1;;. The van der Waals surface area contributed by atoms with Gasteiger partial charge in [0.1, 0.15) is 0 Å². The first kappa shape index (κ1) is 44.3. The first-order valence-electron chi connectivity index (χ1n) is 8.06. The number of rotatable bonds is 9. The zero-order valence-corrected chi connectivity index (χ0v) is 21.1. The summed E-state index contributed by atoms with van der Waals surface area (Å²) in [5.41, 5.74) is 0. The summed E-state index contributed by atoms with van der Waals surface area (Å²) in [5, 5.41) is 4.86. The molecule has 0 heterocycles. The van der Waals surface area contributed by atoms with Crippen LogP contribution in [0.5, 0.6) is 0 Å². The molecular weight excluding hydrogens is 339 g/mol. The van der Waals surface area contributed by atoms with Crippen molar-refractivity contribution in [1.82, 2.24) is 0 Å². The second-order valence-corrected chi connectivity index (χ2v) is 8.76. The van der Waals surface area contributed by atoms with E-state index in [1.165, 1.54) is 38.5 Å². The van der Waals surface area contributed by atoms with Gasteiger partial charge < -0.3 is 37.1 Å². The summed E-state index contributed by atoms with van der Waals surface area (Å²) in [4.78, 5) is 0. The fraction of sp³-hybridized carbons (Fsp3) is 0.591. The molecule has 0 amide bonds. The molecule has 1 aliphatic rings. The van der Waals surface area contributed by atoms with Crippen molar-refractivity contribution in [2.45, 2.75) is 81.6 Å². The molecular formula is C22H47AlTi-6. The molecule has 0 atom stereocenters. The average molecular weight is 386 g/mol. The van der Waals surface area contributed by atoms with E-state index in [0.29, 0.717) is 0 Å². The van der Waals surface area contributed by atoms with Crippen molar-refractivity contribution in [2.24, 2.45) is 0 Å². The Labute approximate surface area is 178 Å². The summed E-state index contributed by atoms with van der Waals surface area (Å²) >= 11 is -0.287. The second kappa shape index (κ2) is 39.0. The molecule has 148 valence electrons. The minimum absolute atomic E-state index is 0. The largest absolute Gasteiger partial charge is 0.358 e. The Morgan fingerprint density at radius 2 is 1.12 bits per heavy atom. The third kappa shape index (κ3) is 34.1. The third-order valence-electron chi connectivity index (χ3n) is 3.48. The van der Waals surface area contributed by atoms with Crippen LogP contribution in [0.3, 0.4) is 0 Å². The Morgan fingerprint density at radius 1 is 0.750 bits per heavy atom. The molecule has 0 spiro atoms. The summed E-state index contributed by atoms with van der Waals surface area (Å²) in [7, 11) is 0. The van der Waals surface area contributed by atoms with Crippen LogP contribution in [0.2, 0.25) is 15.8 Å². The number of allylic oxidation sites excluding steroid dienone is 4. The van der Waals surface area contributed by atoms with Gasteiger partial charge in [-0.3, -0.25) is 6.08 Å². The van der Waals surface area contributed by atoms with Gasteiger partial charge in [-0.25, -0.2) is 12.2 Å². The van der Waals surface area contributed by atoms with Crippen molar-refractivity contribution < 1.29 is 21.7 Å². The third-order valence-corrected chi connectivity index (χ3v) is 7.16. The van der Waals surface area contributed by atoms with Crippen LogP contribution in [-0.2, 0) is 21.7 Å². The molecule has 0 aliphatic heterocycles. The Morgan fingerprint density at radius 3 is 1.29 bits per heavy atom. The van der Waals surface area contributed by atoms with E-state index in [1.54, 1.807) is 15.8 Å². The van der Waals surface area contributed by atoms with E-state index in [0.717, 1.165) is 6.42 Å². The zero-order valence-electron chi connectivity index (χ0n) is 18.4. The molecule has 1 aliphatic carbocycles. The van der Waals surface area contributed by atoms with Crippen LogP contribution in [0.1, 0.15) is 65.7 Å². The van der Waals surface area contributed by atoms with Gasteiger partial charge in [-0.1, -0.05) is 75.1 Å². The molecule has 0 aromatic rings. The Kier molecular flexibility index (Phi) is 72.0. The first-order valence-corrected chi connectivity index (χ1v) is 10.5. The van der Waals surface area contributed by atoms with Crippen LogP contribution >= 0.6 is 0 Å². The van der Waals surface area contributed by atoms with Gasteiger partial charge in [-0.05, 0) is 0 Å². The molecule has 0 N–H and O–H groups in total. The predicted molar refractivity (Wildman–Crippen MR) is 119 cm³/mol. The summed E-state index contributed by atoms with van der Waals surface area (Å²) in [5.74, 6) is 0. The summed E-state index contributed by atoms with van der Waals surface area (Å²) in [6.07, 6.45) is 18.7. The van der Waals surface area contributed by atoms with Gasteiger partial charge in [0.15, 0.2) is 0 Å². The Balaban J connectivity index is -0.0000000460. The second-order valence-electron chi connectivity index (χ2n) is 5.30. The maximum Gasteiger partial charge on any atom is 0.261 e. The number of hydrogen-bond donors (Lipinski definition) is 0. The van der Waals surface area contributed by atoms with Gasteiger partial charge >= 0.3 is 0 Å². The van der Waals surface area contributed by atoms with E-state index in [1.807, 2.05) is 12.2 Å². The summed E-state index contributed by atoms with van der Waals surface area (Å²) < 4.78 is 0. The van der Waals surface area contributed by atoms with E-state index in [4.69, 9.17) is 0 Å². The van der Waals surface area contributed by atoms with Crippen molar-refractivity contribution in [3.05, 3.63) is 61.4 Å². The first-order chi connectivity index (χ1) is 8.85. The Hall–Kier alpha value is 0.727. The molecule has 24 heavy (non-hydrogen) atoms. The van der Waals surface area contributed by atoms with Crippen LogP contribution in [0.15, 0.2) is 18.2 Å².